The number of carbonyl (C=O) groups is 1. The number of carbonyl (C=O) groups excluding carboxylic acids is 1. The summed E-state index contributed by atoms with van der Waals surface area (Å²) < 4.78 is 0. The van der Waals surface area contributed by atoms with Crippen molar-refractivity contribution in [2.75, 3.05) is 5.32 Å². The molecule has 0 radical (unpaired) electrons. The first kappa shape index (κ1) is 12.9. The molecule has 0 fully saturated rings. The van der Waals surface area contributed by atoms with Gasteiger partial charge in [0.2, 0.25) is 5.91 Å². The standard InChI is InChI=1S/C11H16ClN3O/c1-7(2)6-9(13)11(16)15-10-8(12)4-3-5-14-10/h3-5,7,9H,6,13H2,1-2H3,(H,14,15,16)/t9-/m0/s1. The van der Waals surface area contributed by atoms with E-state index < -0.39 is 6.04 Å². The lowest BCUT2D eigenvalue weighted by molar-refractivity contribution is -0.117. The molecule has 1 aromatic rings. The molecule has 5 heteroatoms. The van der Waals surface area contributed by atoms with Gasteiger partial charge >= 0.3 is 0 Å². The van der Waals surface area contributed by atoms with Crippen LogP contribution in [0.3, 0.4) is 0 Å². The van der Waals surface area contributed by atoms with Gasteiger partial charge in [-0.3, -0.25) is 4.79 Å². The molecule has 3 N–H and O–H groups in total. The van der Waals surface area contributed by atoms with Crippen LogP contribution >= 0.6 is 11.6 Å². The number of nitrogens with two attached hydrogens (primary N) is 1. The van der Waals surface area contributed by atoms with Crippen LogP contribution in [0.1, 0.15) is 20.3 Å². The molecule has 0 bridgehead atoms. The summed E-state index contributed by atoms with van der Waals surface area (Å²) in [5, 5.41) is 3.02. The van der Waals surface area contributed by atoms with Gasteiger partial charge in [0, 0.05) is 6.20 Å². The van der Waals surface area contributed by atoms with E-state index in [0.717, 1.165) is 0 Å². The highest BCUT2D eigenvalue weighted by Crippen LogP contribution is 2.17. The number of nitrogens with one attached hydrogen (secondary N) is 1. The van der Waals surface area contributed by atoms with Gasteiger partial charge < -0.3 is 11.1 Å². The quantitative estimate of drug-likeness (QED) is 0.848. The van der Waals surface area contributed by atoms with Crippen molar-refractivity contribution < 1.29 is 4.79 Å². The predicted octanol–water partition coefficient (Wildman–Crippen LogP) is 2.05. The van der Waals surface area contributed by atoms with Gasteiger partial charge in [-0.2, -0.15) is 0 Å². The molecule has 1 rings (SSSR count). The van der Waals surface area contributed by atoms with Crippen LogP contribution in [0.2, 0.25) is 5.02 Å². The molecule has 4 nitrogen and oxygen atoms in total. The Morgan fingerprint density at radius 1 is 1.62 bits per heavy atom. The summed E-state index contributed by atoms with van der Waals surface area (Å²) in [6, 6.07) is 2.84. The maximum atomic E-state index is 11.7. The van der Waals surface area contributed by atoms with E-state index in [4.69, 9.17) is 17.3 Å². The second kappa shape index (κ2) is 5.82. The summed E-state index contributed by atoms with van der Waals surface area (Å²) in [7, 11) is 0. The van der Waals surface area contributed by atoms with Crippen LogP contribution in [0.15, 0.2) is 18.3 Å². The minimum absolute atomic E-state index is 0.255. The Kier molecular flexibility index (Phi) is 4.71. The molecule has 1 atom stereocenters. The van der Waals surface area contributed by atoms with Gasteiger partial charge in [0.05, 0.1) is 11.1 Å². The Labute approximate surface area is 100 Å². The summed E-state index contributed by atoms with van der Waals surface area (Å²) in [4.78, 5) is 15.6. The number of pyridine rings is 1. The molecule has 0 spiro atoms. The van der Waals surface area contributed by atoms with E-state index in [-0.39, 0.29) is 5.91 Å². The van der Waals surface area contributed by atoms with Crippen LogP contribution in [-0.2, 0) is 4.79 Å². The topological polar surface area (TPSA) is 68.0 Å². The molecule has 1 amide bonds. The Morgan fingerprint density at radius 3 is 2.88 bits per heavy atom. The highest BCUT2D eigenvalue weighted by molar-refractivity contribution is 6.33. The molecule has 16 heavy (non-hydrogen) atoms. The number of aromatic nitrogens is 1. The van der Waals surface area contributed by atoms with Crippen LogP contribution in [0.4, 0.5) is 5.82 Å². The summed E-state index contributed by atoms with van der Waals surface area (Å²) in [5.41, 5.74) is 5.73. The molecule has 88 valence electrons. The molecule has 0 aliphatic heterocycles. The minimum Gasteiger partial charge on any atom is -0.320 e. The molecule has 1 aromatic heterocycles. The van der Waals surface area contributed by atoms with Crippen molar-refractivity contribution in [2.45, 2.75) is 26.3 Å². The molecular formula is C11H16ClN3O. The Bertz CT molecular complexity index is 368. The largest absolute Gasteiger partial charge is 0.320 e. The van der Waals surface area contributed by atoms with Gasteiger partial charge in [-0.25, -0.2) is 4.98 Å². The van der Waals surface area contributed by atoms with Gasteiger partial charge in [-0.15, -0.1) is 0 Å². The van der Waals surface area contributed by atoms with Crippen molar-refractivity contribution in [1.29, 1.82) is 0 Å². The number of anilines is 1. The van der Waals surface area contributed by atoms with Crippen LogP contribution in [-0.4, -0.2) is 16.9 Å². The highest BCUT2D eigenvalue weighted by atomic mass is 35.5. The molecular weight excluding hydrogens is 226 g/mol. The Hall–Kier alpha value is -1.13. The van der Waals surface area contributed by atoms with Crippen molar-refractivity contribution >= 4 is 23.3 Å². The van der Waals surface area contributed by atoms with E-state index >= 15 is 0 Å². The second-order valence-electron chi connectivity index (χ2n) is 4.06. The van der Waals surface area contributed by atoms with Crippen LogP contribution in [0, 0.1) is 5.92 Å². The third-order valence-corrected chi connectivity index (χ3v) is 2.37. The maximum Gasteiger partial charge on any atom is 0.242 e. The van der Waals surface area contributed by atoms with Crippen molar-refractivity contribution in [3.8, 4) is 0 Å². The number of nitrogens with zero attached hydrogens (tertiary/aromatic N) is 1. The third kappa shape index (κ3) is 3.79. The van der Waals surface area contributed by atoms with Gasteiger partial charge in [0.25, 0.3) is 0 Å². The summed E-state index contributed by atoms with van der Waals surface area (Å²) in [6.07, 6.45) is 2.20. The van der Waals surface area contributed by atoms with Crippen LogP contribution in [0.25, 0.3) is 0 Å². The van der Waals surface area contributed by atoms with Gasteiger partial charge in [-0.05, 0) is 24.5 Å². The Balaban J connectivity index is 2.61. The lowest BCUT2D eigenvalue weighted by Gasteiger charge is -2.14. The average molecular weight is 242 g/mol. The third-order valence-electron chi connectivity index (χ3n) is 2.06. The number of hydrogen-bond acceptors (Lipinski definition) is 3. The first-order chi connectivity index (χ1) is 7.50. The van der Waals surface area contributed by atoms with E-state index in [9.17, 15) is 4.79 Å². The Morgan fingerprint density at radius 2 is 2.31 bits per heavy atom. The van der Waals surface area contributed by atoms with Gasteiger partial charge in [0.1, 0.15) is 0 Å². The smallest absolute Gasteiger partial charge is 0.242 e. The molecule has 0 saturated carbocycles. The fraction of sp³-hybridized carbons (Fsp3) is 0.455. The number of rotatable bonds is 4. The van der Waals surface area contributed by atoms with Gasteiger partial charge in [-0.1, -0.05) is 25.4 Å². The maximum absolute atomic E-state index is 11.7. The summed E-state index contributed by atoms with van der Waals surface area (Å²) in [6.45, 7) is 4.03. The molecule has 0 saturated heterocycles. The van der Waals surface area contributed by atoms with Crippen molar-refractivity contribution in [1.82, 2.24) is 4.98 Å². The zero-order chi connectivity index (χ0) is 12.1. The highest BCUT2D eigenvalue weighted by Gasteiger charge is 2.16. The van der Waals surface area contributed by atoms with Gasteiger partial charge in [0.15, 0.2) is 5.82 Å². The fourth-order valence-electron chi connectivity index (χ4n) is 1.30. The number of hydrogen-bond donors (Lipinski definition) is 2. The lowest BCUT2D eigenvalue weighted by Crippen LogP contribution is -2.36. The lowest BCUT2D eigenvalue weighted by atomic mass is 10.0. The normalized spacial score (nSPS) is 12.6. The second-order valence-corrected chi connectivity index (χ2v) is 4.47. The fourth-order valence-corrected chi connectivity index (χ4v) is 1.47. The van der Waals surface area contributed by atoms with E-state index in [1.54, 1.807) is 18.3 Å². The van der Waals surface area contributed by atoms with Crippen molar-refractivity contribution in [3.63, 3.8) is 0 Å². The van der Waals surface area contributed by atoms with Crippen molar-refractivity contribution in [3.05, 3.63) is 23.4 Å². The first-order valence-electron chi connectivity index (χ1n) is 5.17. The van der Waals surface area contributed by atoms with E-state index in [1.807, 2.05) is 13.8 Å². The molecule has 0 aliphatic rings. The molecule has 0 unspecified atom stereocenters. The summed E-state index contributed by atoms with van der Waals surface area (Å²) in [5.74, 6) is 0.475. The zero-order valence-corrected chi connectivity index (χ0v) is 10.2. The van der Waals surface area contributed by atoms with Crippen LogP contribution in [0.5, 0.6) is 0 Å². The molecule has 1 heterocycles. The molecule has 0 aromatic carbocycles. The SMILES string of the molecule is CC(C)C[C@H](N)C(=O)Nc1ncccc1Cl. The zero-order valence-electron chi connectivity index (χ0n) is 9.40. The number of halogens is 1. The average Bonchev–Trinajstić information content (AvgIpc) is 2.20. The predicted molar refractivity (Wildman–Crippen MR) is 65.3 cm³/mol. The van der Waals surface area contributed by atoms with E-state index in [0.29, 0.717) is 23.2 Å². The molecule has 0 aliphatic carbocycles. The first-order valence-corrected chi connectivity index (χ1v) is 5.55. The number of amides is 1. The van der Waals surface area contributed by atoms with E-state index in [2.05, 4.69) is 10.3 Å². The summed E-state index contributed by atoms with van der Waals surface area (Å²) >= 11 is 5.86. The van der Waals surface area contributed by atoms with Crippen LogP contribution < -0.4 is 11.1 Å². The monoisotopic (exact) mass is 241 g/mol. The minimum atomic E-state index is -0.530. The van der Waals surface area contributed by atoms with Crippen molar-refractivity contribution in [2.24, 2.45) is 11.7 Å². The van der Waals surface area contributed by atoms with E-state index in [1.165, 1.54) is 0 Å².